The van der Waals surface area contributed by atoms with Crippen LogP contribution < -0.4 is 0 Å². The van der Waals surface area contributed by atoms with E-state index in [9.17, 15) is 10.1 Å². The maximum Gasteiger partial charge on any atom is 0.242 e. The van der Waals surface area contributed by atoms with Crippen LogP contribution in [-0.4, -0.2) is 4.92 Å². The molecular formula is C10H6BrNO2. The summed E-state index contributed by atoms with van der Waals surface area (Å²) in [5.74, 6) is 5.33. The summed E-state index contributed by atoms with van der Waals surface area (Å²) in [6, 6.07) is 7.39. The van der Waals surface area contributed by atoms with Gasteiger partial charge in [0.15, 0.2) is 0 Å². The van der Waals surface area contributed by atoms with Crippen molar-refractivity contribution < 1.29 is 4.92 Å². The van der Waals surface area contributed by atoms with E-state index in [2.05, 4.69) is 27.8 Å². The Morgan fingerprint density at radius 3 is 2.57 bits per heavy atom. The summed E-state index contributed by atoms with van der Waals surface area (Å²) in [6.45, 7) is 0. The van der Waals surface area contributed by atoms with Crippen LogP contribution in [-0.2, 0) is 0 Å². The van der Waals surface area contributed by atoms with E-state index in [1.54, 1.807) is 0 Å². The standard InChI is InChI=1S/C10H6BrNO2/c11-10-6-4-9(5-7-10)3-1-2-8-12(13)14/h2,4-8H/b8-2+. The molecule has 0 fully saturated rings. The minimum atomic E-state index is -0.545. The summed E-state index contributed by atoms with van der Waals surface area (Å²) < 4.78 is 0.976. The van der Waals surface area contributed by atoms with Crippen LogP contribution in [0.3, 0.4) is 0 Å². The van der Waals surface area contributed by atoms with Gasteiger partial charge in [0.05, 0.1) is 11.0 Å². The Morgan fingerprint density at radius 1 is 1.36 bits per heavy atom. The Balaban J connectivity index is 2.68. The van der Waals surface area contributed by atoms with E-state index in [1.807, 2.05) is 24.3 Å². The first-order valence-corrected chi connectivity index (χ1v) is 4.55. The molecule has 4 heteroatoms. The molecule has 0 aliphatic carbocycles. The molecule has 1 aromatic rings. The average molecular weight is 252 g/mol. The zero-order valence-corrected chi connectivity index (χ0v) is 8.69. The van der Waals surface area contributed by atoms with Crippen molar-refractivity contribution in [3.63, 3.8) is 0 Å². The number of benzene rings is 1. The average Bonchev–Trinajstić information content (AvgIpc) is 2.15. The predicted molar refractivity (Wildman–Crippen MR) is 57.2 cm³/mol. The second-order valence-corrected chi connectivity index (χ2v) is 3.29. The molecule has 70 valence electrons. The minimum Gasteiger partial charge on any atom is -0.259 e. The summed E-state index contributed by atoms with van der Waals surface area (Å²) in [4.78, 5) is 9.35. The van der Waals surface area contributed by atoms with E-state index in [1.165, 1.54) is 6.08 Å². The van der Waals surface area contributed by atoms with Crippen LogP contribution in [0.5, 0.6) is 0 Å². The summed E-state index contributed by atoms with van der Waals surface area (Å²) in [5.41, 5.74) is 0.821. The van der Waals surface area contributed by atoms with Crippen LogP contribution in [0, 0.1) is 22.0 Å². The second-order valence-electron chi connectivity index (χ2n) is 2.38. The van der Waals surface area contributed by atoms with Gasteiger partial charge in [0.1, 0.15) is 0 Å². The number of allylic oxidation sites excluding steroid dienone is 1. The van der Waals surface area contributed by atoms with Gasteiger partial charge in [0.25, 0.3) is 0 Å². The first-order chi connectivity index (χ1) is 6.68. The lowest BCUT2D eigenvalue weighted by Gasteiger charge is -1.88. The van der Waals surface area contributed by atoms with Crippen molar-refractivity contribution in [2.24, 2.45) is 0 Å². The third-order valence-electron chi connectivity index (χ3n) is 1.34. The van der Waals surface area contributed by atoms with Crippen LogP contribution in [0.2, 0.25) is 0 Å². The fourth-order valence-corrected chi connectivity index (χ4v) is 1.02. The number of halogens is 1. The van der Waals surface area contributed by atoms with Crippen LogP contribution in [0.15, 0.2) is 41.0 Å². The Hall–Kier alpha value is -1.60. The van der Waals surface area contributed by atoms with Crippen LogP contribution in [0.1, 0.15) is 5.56 Å². The molecular weight excluding hydrogens is 246 g/mol. The highest BCUT2D eigenvalue weighted by atomic mass is 79.9. The van der Waals surface area contributed by atoms with Gasteiger partial charge >= 0.3 is 0 Å². The quantitative estimate of drug-likeness (QED) is 0.438. The maximum absolute atomic E-state index is 9.90. The molecule has 0 aliphatic rings. The first kappa shape index (κ1) is 10.5. The molecule has 0 bridgehead atoms. The van der Waals surface area contributed by atoms with E-state index in [-0.39, 0.29) is 0 Å². The van der Waals surface area contributed by atoms with Gasteiger partial charge in [0, 0.05) is 10.0 Å². The SMILES string of the molecule is O=[N+]([O-])/C=C/C#Cc1ccc(Br)cc1. The predicted octanol–water partition coefficient (Wildman–Crippen LogP) is 2.59. The monoisotopic (exact) mass is 251 g/mol. The third kappa shape index (κ3) is 3.87. The molecule has 0 atom stereocenters. The van der Waals surface area contributed by atoms with Gasteiger partial charge in [-0.15, -0.1) is 0 Å². The molecule has 0 amide bonds. The van der Waals surface area contributed by atoms with Crippen LogP contribution in [0.25, 0.3) is 0 Å². The molecule has 1 rings (SSSR count). The van der Waals surface area contributed by atoms with Crippen LogP contribution in [0.4, 0.5) is 0 Å². The lowest BCUT2D eigenvalue weighted by Crippen LogP contribution is -1.80. The van der Waals surface area contributed by atoms with E-state index in [0.717, 1.165) is 16.2 Å². The van der Waals surface area contributed by atoms with E-state index in [4.69, 9.17) is 0 Å². The summed E-state index contributed by atoms with van der Waals surface area (Å²) in [5, 5.41) is 9.90. The fourth-order valence-electron chi connectivity index (χ4n) is 0.756. The number of hydrogen-bond donors (Lipinski definition) is 0. The van der Waals surface area contributed by atoms with Gasteiger partial charge in [0.2, 0.25) is 6.20 Å². The number of nitrogens with zero attached hydrogens (tertiary/aromatic N) is 1. The first-order valence-electron chi connectivity index (χ1n) is 3.76. The van der Waals surface area contributed by atoms with Gasteiger partial charge < -0.3 is 0 Å². The fraction of sp³-hybridized carbons (Fsp3) is 0. The molecule has 0 unspecified atom stereocenters. The van der Waals surface area contributed by atoms with E-state index < -0.39 is 4.92 Å². The molecule has 0 aromatic heterocycles. The number of hydrogen-bond acceptors (Lipinski definition) is 2. The van der Waals surface area contributed by atoms with Crippen molar-refractivity contribution in [2.45, 2.75) is 0 Å². The molecule has 1 aromatic carbocycles. The minimum absolute atomic E-state index is 0.545. The van der Waals surface area contributed by atoms with Crippen molar-refractivity contribution in [3.8, 4) is 11.8 Å². The molecule has 3 nitrogen and oxygen atoms in total. The smallest absolute Gasteiger partial charge is 0.242 e. The lowest BCUT2D eigenvalue weighted by molar-refractivity contribution is -0.402. The van der Waals surface area contributed by atoms with Crippen molar-refractivity contribution >= 4 is 15.9 Å². The molecule has 0 spiro atoms. The normalized spacial score (nSPS) is 9.50. The van der Waals surface area contributed by atoms with Gasteiger partial charge in [-0.2, -0.15) is 0 Å². The number of nitro groups is 1. The highest BCUT2D eigenvalue weighted by Crippen LogP contribution is 2.09. The van der Waals surface area contributed by atoms with Gasteiger partial charge in [-0.3, -0.25) is 10.1 Å². The molecule has 14 heavy (non-hydrogen) atoms. The second kappa shape index (κ2) is 5.20. The topological polar surface area (TPSA) is 43.1 Å². The van der Waals surface area contributed by atoms with Crippen molar-refractivity contribution in [1.29, 1.82) is 0 Å². The largest absolute Gasteiger partial charge is 0.259 e. The van der Waals surface area contributed by atoms with Crippen molar-refractivity contribution in [3.05, 3.63) is 56.7 Å². The molecule has 0 aliphatic heterocycles. The Kier molecular flexibility index (Phi) is 3.89. The molecule has 0 N–H and O–H groups in total. The lowest BCUT2D eigenvalue weighted by atomic mass is 10.2. The summed E-state index contributed by atoms with van der Waals surface area (Å²) in [6.07, 6.45) is 2.02. The third-order valence-corrected chi connectivity index (χ3v) is 1.87. The van der Waals surface area contributed by atoms with E-state index >= 15 is 0 Å². The maximum atomic E-state index is 9.90. The molecule has 0 radical (unpaired) electrons. The van der Waals surface area contributed by atoms with Crippen LogP contribution >= 0.6 is 15.9 Å². The Morgan fingerprint density at radius 2 is 2.00 bits per heavy atom. The Labute approximate surface area is 89.7 Å². The zero-order chi connectivity index (χ0) is 10.4. The molecule has 0 heterocycles. The Bertz CT molecular complexity index is 412. The van der Waals surface area contributed by atoms with Gasteiger partial charge in [-0.25, -0.2) is 0 Å². The zero-order valence-electron chi connectivity index (χ0n) is 7.11. The van der Waals surface area contributed by atoms with Crippen molar-refractivity contribution in [1.82, 2.24) is 0 Å². The highest BCUT2D eigenvalue weighted by molar-refractivity contribution is 9.10. The van der Waals surface area contributed by atoms with Gasteiger partial charge in [-0.05, 0) is 24.3 Å². The highest BCUT2D eigenvalue weighted by Gasteiger charge is 1.86. The van der Waals surface area contributed by atoms with Gasteiger partial charge in [-0.1, -0.05) is 27.8 Å². The molecule has 0 saturated heterocycles. The number of rotatable bonds is 1. The van der Waals surface area contributed by atoms with E-state index in [0.29, 0.717) is 0 Å². The summed E-state index contributed by atoms with van der Waals surface area (Å²) >= 11 is 3.29. The molecule has 0 saturated carbocycles. The summed E-state index contributed by atoms with van der Waals surface area (Å²) in [7, 11) is 0. The van der Waals surface area contributed by atoms with Crippen molar-refractivity contribution in [2.75, 3.05) is 0 Å².